The van der Waals surface area contributed by atoms with Crippen LogP contribution in [0, 0.1) is 0 Å². The van der Waals surface area contributed by atoms with Crippen LogP contribution in [0.4, 0.5) is 0 Å². The lowest BCUT2D eigenvalue weighted by Crippen LogP contribution is -1.84. The van der Waals surface area contributed by atoms with E-state index in [0.717, 1.165) is 0 Å². The van der Waals surface area contributed by atoms with E-state index in [2.05, 4.69) is 133 Å². The quantitative estimate of drug-likeness (QED) is 0.193. The van der Waals surface area contributed by atoms with Gasteiger partial charge in [0.1, 0.15) is 0 Å². The Labute approximate surface area is 229 Å². The van der Waals surface area contributed by atoms with Crippen LogP contribution in [-0.4, -0.2) is 0 Å². The van der Waals surface area contributed by atoms with Crippen LogP contribution in [0.15, 0.2) is 133 Å². The molecule has 0 spiro atoms. The minimum absolute atomic E-state index is 1.26. The summed E-state index contributed by atoms with van der Waals surface area (Å²) < 4.78 is 2.73. The Hall–Kier alpha value is -4.72. The lowest BCUT2D eigenvalue weighted by molar-refractivity contribution is 1.70. The fraction of sp³-hybridized carbons (Fsp3) is 0. The molecule has 0 atom stereocenters. The van der Waals surface area contributed by atoms with Crippen molar-refractivity contribution in [3.8, 4) is 11.1 Å². The largest absolute Gasteiger partial charge is 0.135 e. The molecule has 0 bridgehead atoms. The summed E-state index contributed by atoms with van der Waals surface area (Å²) in [5.74, 6) is 0. The molecule has 0 fully saturated rings. The maximum absolute atomic E-state index is 2.41. The molecule has 0 N–H and O–H groups in total. The highest BCUT2D eigenvalue weighted by atomic mass is 32.1. The van der Waals surface area contributed by atoms with Gasteiger partial charge in [-0.3, -0.25) is 0 Å². The first-order chi connectivity index (χ1) is 19.3. The fourth-order valence-electron chi connectivity index (χ4n) is 6.50. The lowest BCUT2D eigenvalue weighted by atomic mass is 9.93. The van der Waals surface area contributed by atoms with E-state index in [1.807, 2.05) is 11.3 Å². The summed E-state index contributed by atoms with van der Waals surface area (Å²) in [6.45, 7) is 0. The summed E-state index contributed by atoms with van der Waals surface area (Å²) in [5.41, 5.74) is 2.51. The van der Waals surface area contributed by atoms with Crippen molar-refractivity contribution in [2.24, 2.45) is 0 Å². The van der Waals surface area contributed by atoms with E-state index < -0.39 is 0 Å². The summed E-state index contributed by atoms with van der Waals surface area (Å²) in [4.78, 5) is 0. The van der Waals surface area contributed by atoms with Crippen LogP contribution < -0.4 is 0 Å². The third kappa shape index (κ3) is 3.05. The van der Waals surface area contributed by atoms with Crippen LogP contribution in [0.3, 0.4) is 0 Å². The number of hydrogen-bond acceptors (Lipinski definition) is 1. The van der Waals surface area contributed by atoms with Crippen LogP contribution in [0.2, 0.25) is 0 Å². The van der Waals surface area contributed by atoms with Gasteiger partial charge in [0.2, 0.25) is 0 Å². The lowest BCUT2D eigenvalue weighted by Gasteiger charge is -2.11. The average molecular weight is 511 g/mol. The number of fused-ring (bicyclic) bond motifs is 12. The van der Waals surface area contributed by atoms with Crippen LogP contribution in [0.25, 0.3) is 85.2 Å². The zero-order valence-corrected chi connectivity index (χ0v) is 21.9. The molecule has 9 rings (SSSR count). The molecule has 39 heavy (non-hydrogen) atoms. The average Bonchev–Trinajstić information content (AvgIpc) is 3.39. The normalized spacial score (nSPS) is 12.1. The zero-order chi connectivity index (χ0) is 25.5. The molecule has 0 nitrogen and oxygen atoms in total. The van der Waals surface area contributed by atoms with Gasteiger partial charge >= 0.3 is 0 Å². The number of rotatable bonds is 1. The van der Waals surface area contributed by atoms with E-state index in [0.29, 0.717) is 0 Å². The van der Waals surface area contributed by atoms with Crippen molar-refractivity contribution < 1.29 is 0 Å². The summed E-state index contributed by atoms with van der Waals surface area (Å²) in [5, 5.41) is 15.8. The molecule has 1 heterocycles. The first-order valence-electron chi connectivity index (χ1n) is 13.4. The van der Waals surface area contributed by atoms with Gasteiger partial charge in [-0.25, -0.2) is 0 Å². The molecule has 1 heteroatoms. The molecular formula is C38H22S. The summed E-state index contributed by atoms with van der Waals surface area (Å²) in [7, 11) is 0. The van der Waals surface area contributed by atoms with Crippen molar-refractivity contribution in [3.05, 3.63) is 133 Å². The number of thiophene rings is 1. The van der Waals surface area contributed by atoms with Crippen molar-refractivity contribution in [2.45, 2.75) is 0 Å². The van der Waals surface area contributed by atoms with Crippen molar-refractivity contribution in [1.29, 1.82) is 0 Å². The molecule has 9 aromatic rings. The SMILES string of the molecule is c1ccc2c(c1)ccc1c3cc(-c4ccc5ccc6ccc7c8ccccc8sc7c6c5c4)ccc3ccc21. The van der Waals surface area contributed by atoms with E-state index in [1.165, 1.54) is 85.2 Å². The Morgan fingerprint density at radius 3 is 1.72 bits per heavy atom. The molecule has 0 aliphatic carbocycles. The molecule has 8 aromatic carbocycles. The van der Waals surface area contributed by atoms with E-state index in [1.54, 1.807) is 0 Å². The molecular weight excluding hydrogens is 488 g/mol. The number of benzene rings is 8. The highest BCUT2D eigenvalue weighted by Crippen LogP contribution is 2.42. The van der Waals surface area contributed by atoms with Crippen molar-refractivity contribution in [1.82, 2.24) is 0 Å². The fourth-order valence-corrected chi connectivity index (χ4v) is 7.77. The summed E-state index contributed by atoms with van der Waals surface area (Å²) in [6, 6.07) is 49.6. The Morgan fingerprint density at radius 2 is 0.872 bits per heavy atom. The van der Waals surface area contributed by atoms with E-state index in [-0.39, 0.29) is 0 Å². The monoisotopic (exact) mass is 510 g/mol. The summed E-state index contributed by atoms with van der Waals surface area (Å²) in [6.07, 6.45) is 0. The van der Waals surface area contributed by atoms with Gasteiger partial charge in [-0.1, -0.05) is 115 Å². The predicted molar refractivity (Wildman–Crippen MR) is 172 cm³/mol. The van der Waals surface area contributed by atoms with Gasteiger partial charge in [0.25, 0.3) is 0 Å². The first kappa shape index (κ1) is 21.2. The van der Waals surface area contributed by atoms with Gasteiger partial charge < -0.3 is 0 Å². The van der Waals surface area contributed by atoms with Gasteiger partial charge in [0.15, 0.2) is 0 Å². The standard InChI is InChI=1S/C38H22S/c1-2-6-29-23(5-1)15-19-31-30(29)18-16-24-10-13-27(21-34(24)31)28-14-11-25-9-12-26-17-20-33-32-7-3-4-8-36(32)39-38(33)37(26)35(25)22-28/h1-22H. The van der Waals surface area contributed by atoms with E-state index in [4.69, 9.17) is 0 Å². The van der Waals surface area contributed by atoms with Crippen molar-refractivity contribution >= 4 is 85.4 Å². The van der Waals surface area contributed by atoms with Gasteiger partial charge in [-0.05, 0) is 77.8 Å². The first-order valence-corrected chi connectivity index (χ1v) is 14.2. The highest BCUT2D eigenvalue weighted by molar-refractivity contribution is 7.26. The minimum atomic E-state index is 1.26. The smallest absolute Gasteiger partial charge is 0.0440 e. The Morgan fingerprint density at radius 1 is 0.333 bits per heavy atom. The highest BCUT2D eigenvalue weighted by Gasteiger charge is 2.12. The topological polar surface area (TPSA) is 0 Å². The van der Waals surface area contributed by atoms with Gasteiger partial charge in [0, 0.05) is 25.6 Å². The second-order valence-corrected chi connectivity index (χ2v) is 11.6. The minimum Gasteiger partial charge on any atom is -0.135 e. The second-order valence-electron chi connectivity index (χ2n) is 10.5. The number of hydrogen-bond donors (Lipinski definition) is 0. The maximum Gasteiger partial charge on any atom is 0.0440 e. The van der Waals surface area contributed by atoms with Crippen LogP contribution in [0.5, 0.6) is 0 Å². The summed E-state index contributed by atoms with van der Waals surface area (Å²) >= 11 is 1.91. The van der Waals surface area contributed by atoms with Gasteiger partial charge in [-0.2, -0.15) is 0 Å². The van der Waals surface area contributed by atoms with Crippen molar-refractivity contribution in [2.75, 3.05) is 0 Å². The van der Waals surface area contributed by atoms with Gasteiger partial charge in [0.05, 0.1) is 0 Å². The van der Waals surface area contributed by atoms with E-state index >= 15 is 0 Å². The Balaban J connectivity index is 1.32. The zero-order valence-electron chi connectivity index (χ0n) is 21.1. The molecule has 0 aliphatic rings. The third-order valence-corrected chi connectivity index (χ3v) is 9.63. The van der Waals surface area contributed by atoms with Crippen molar-refractivity contribution in [3.63, 3.8) is 0 Å². The predicted octanol–water partition coefficient (Wildman–Crippen LogP) is 11.5. The molecule has 180 valence electrons. The second kappa shape index (κ2) is 7.89. The molecule has 0 saturated carbocycles. The Bertz CT molecular complexity index is 2440. The molecule has 0 aliphatic heterocycles. The van der Waals surface area contributed by atoms with Gasteiger partial charge in [-0.15, -0.1) is 11.3 Å². The third-order valence-electron chi connectivity index (χ3n) is 8.42. The van der Waals surface area contributed by atoms with Crippen LogP contribution in [0.1, 0.15) is 0 Å². The molecule has 0 radical (unpaired) electrons. The van der Waals surface area contributed by atoms with Crippen LogP contribution >= 0.6 is 11.3 Å². The maximum atomic E-state index is 2.41. The van der Waals surface area contributed by atoms with Crippen LogP contribution in [-0.2, 0) is 0 Å². The van der Waals surface area contributed by atoms with E-state index in [9.17, 15) is 0 Å². The molecule has 1 aromatic heterocycles. The molecule has 0 saturated heterocycles. The molecule has 0 amide bonds. The molecule has 0 unspecified atom stereocenters. The Kier molecular flexibility index (Phi) is 4.30.